The van der Waals surface area contributed by atoms with E-state index in [-0.39, 0.29) is 10.7 Å². The van der Waals surface area contributed by atoms with Gasteiger partial charge in [0.25, 0.3) is 0 Å². The summed E-state index contributed by atoms with van der Waals surface area (Å²) in [5, 5.41) is 22.3. The van der Waals surface area contributed by atoms with Gasteiger partial charge in [-0.2, -0.15) is 0 Å². The van der Waals surface area contributed by atoms with Gasteiger partial charge < -0.3 is 14.9 Å². The second-order valence-corrected chi connectivity index (χ2v) is 5.24. The van der Waals surface area contributed by atoms with E-state index in [1.54, 1.807) is 18.2 Å². The second-order valence-electron chi connectivity index (χ2n) is 4.43. The van der Waals surface area contributed by atoms with Crippen molar-refractivity contribution in [1.82, 2.24) is 0 Å². The predicted molar refractivity (Wildman–Crippen MR) is 85.2 cm³/mol. The van der Waals surface area contributed by atoms with Crippen LogP contribution in [0.1, 0.15) is 17.2 Å². The highest BCUT2D eigenvalue weighted by molar-refractivity contribution is 6.33. The summed E-state index contributed by atoms with van der Waals surface area (Å²) >= 11 is 12.1. The quantitative estimate of drug-likeness (QED) is 0.779. The van der Waals surface area contributed by atoms with Crippen LogP contribution in [0.5, 0.6) is 5.75 Å². The van der Waals surface area contributed by atoms with Gasteiger partial charge in [0.2, 0.25) is 0 Å². The lowest BCUT2D eigenvalue weighted by atomic mass is 9.99. The molecule has 0 aliphatic heterocycles. The molecule has 2 aromatic rings. The van der Waals surface area contributed by atoms with Crippen molar-refractivity contribution in [3.05, 3.63) is 57.6 Å². The average molecular weight is 342 g/mol. The van der Waals surface area contributed by atoms with Crippen LogP contribution in [0.3, 0.4) is 0 Å². The van der Waals surface area contributed by atoms with Crippen molar-refractivity contribution >= 4 is 35.0 Å². The van der Waals surface area contributed by atoms with Gasteiger partial charge in [0.15, 0.2) is 0 Å². The number of aliphatic hydroxyl groups is 1. The van der Waals surface area contributed by atoms with Crippen molar-refractivity contribution in [2.45, 2.75) is 6.10 Å². The largest absolute Gasteiger partial charge is 0.495 e. The van der Waals surface area contributed by atoms with E-state index in [2.05, 4.69) is 5.32 Å². The first-order valence-corrected chi connectivity index (χ1v) is 6.99. The number of benzene rings is 2. The first-order valence-electron chi connectivity index (χ1n) is 6.24. The first kappa shape index (κ1) is 16.4. The molecule has 116 valence electrons. The number of carboxylic acid groups (broad SMARTS) is 1. The number of anilines is 1. The number of ether oxygens (including phenoxy) is 1. The lowest BCUT2D eigenvalue weighted by molar-refractivity contribution is 0.209. The van der Waals surface area contributed by atoms with E-state index < -0.39 is 12.2 Å². The van der Waals surface area contributed by atoms with Crippen molar-refractivity contribution in [2.75, 3.05) is 12.4 Å². The van der Waals surface area contributed by atoms with Crippen LogP contribution in [-0.2, 0) is 0 Å². The molecule has 0 aromatic heterocycles. The Morgan fingerprint density at radius 2 is 1.95 bits per heavy atom. The Kier molecular flexibility index (Phi) is 5.13. The molecule has 2 rings (SSSR count). The Labute approximate surface area is 137 Å². The number of rotatable bonds is 4. The number of aliphatic hydroxyl groups excluding tert-OH is 1. The van der Waals surface area contributed by atoms with E-state index in [9.17, 15) is 9.90 Å². The first-order chi connectivity index (χ1) is 10.4. The zero-order valence-corrected chi connectivity index (χ0v) is 13.0. The SMILES string of the molecule is COc1cccc(C(O)c2cc(Cl)ccc2NC(=O)O)c1Cl. The summed E-state index contributed by atoms with van der Waals surface area (Å²) < 4.78 is 5.11. The van der Waals surface area contributed by atoms with E-state index in [1.807, 2.05) is 0 Å². The zero-order chi connectivity index (χ0) is 16.3. The number of halogens is 2. The van der Waals surface area contributed by atoms with Crippen molar-refractivity contribution in [3.8, 4) is 5.75 Å². The fourth-order valence-electron chi connectivity index (χ4n) is 2.05. The normalized spacial score (nSPS) is 11.8. The summed E-state index contributed by atoms with van der Waals surface area (Å²) in [5.41, 5.74) is 0.907. The standard InChI is InChI=1S/C15H13Cl2NO4/c1-22-12-4-2-3-9(13(12)17)14(19)10-7-8(16)5-6-11(10)18-15(20)21/h2-7,14,18-19H,1H3,(H,20,21). The van der Waals surface area contributed by atoms with Crippen LogP contribution >= 0.6 is 23.2 Å². The van der Waals surface area contributed by atoms with Crippen LogP contribution in [0.25, 0.3) is 0 Å². The Morgan fingerprint density at radius 3 is 2.59 bits per heavy atom. The Morgan fingerprint density at radius 1 is 1.23 bits per heavy atom. The average Bonchev–Trinajstić information content (AvgIpc) is 2.48. The summed E-state index contributed by atoms with van der Waals surface area (Å²) in [6.07, 6.45) is -2.41. The van der Waals surface area contributed by atoms with Gasteiger partial charge in [-0.25, -0.2) is 4.79 Å². The molecule has 1 unspecified atom stereocenters. The van der Waals surface area contributed by atoms with E-state index in [1.165, 1.54) is 25.3 Å². The molecule has 0 fully saturated rings. The molecule has 0 saturated carbocycles. The van der Waals surface area contributed by atoms with Gasteiger partial charge in [0.1, 0.15) is 11.9 Å². The lowest BCUT2D eigenvalue weighted by Gasteiger charge is -2.18. The van der Waals surface area contributed by atoms with Crippen LogP contribution in [0.4, 0.5) is 10.5 Å². The number of hydrogen-bond acceptors (Lipinski definition) is 3. The molecule has 1 atom stereocenters. The smallest absolute Gasteiger partial charge is 0.409 e. The fourth-order valence-corrected chi connectivity index (χ4v) is 2.54. The molecular weight excluding hydrogens is 329 g/mol. The molecule has 2 aromatic carbocycles. The number of carbonyl (C=O) groups is 1. The number of methoxy groups -OCH3 is 1. The minimum Gasteiger partial charge on any atom is -0.495 e. The molecule has 0 heterocycles. The number of amides is 1. The highest BCUT2D eigenvalue weighted by Crippen LogP contribution is 2.37. The second kappa shape index (κ2) is 6.87. The van der Waals surface area contributed by atoms with Gasteiger partial charge >= 0.3 is 6.09 Å². The third-order valence-electron chi connectivity index (χ3n) is 3.06. The van der Waals surface area contributed by atoms with Crippen molar-refractivity contribution < 1.29 is 19.7 Å². The molecule has 0 spiro atoms. The van der Waals surface area contributed by atoms with Gasteiger partial charge in [-0.15, -0.1) is 0 Å². The molecule has 5 nitrogen and oxygen atoms in total. The van der Waals surface area contributed by atoms with E-state index in [0.29, 0.717) is 21.9 Å². The molecule has 0 bridgehead atoms. The van der Waals surface area contributed by atoms with Crippen molar-refractivity contribution in [3.63, 3.8) is 0 Å². The van der Waals surface area contributed by atoms with Gasteiger partial charge in [0.05, 0.1) is 17.8 Å². The molecule has 1 amide bonds. The highest BCUT2D eigenvalue weighted by Gasteiger charge is 2.20. The van der Waals surface area contributed by atoms with Gasteiger partial charge in [-0.05, 0) is 24.3 Å². The molecule has 0 saturated heterocycles. The van der Waals surface area contributed by atoms with Crippen LogP contribution in [0.2, 0.25) is 10.0 Å². The zero-order valence-electron chi connectivity index (χ0n) is 11.5. The third kappa shape index (κ3) is 3.44. The molecule has 7 heteroatoms. The van der Waals surface area contributed by atoms with E-state index in [0.717, 1.165) is 0 Å². The maximum absolute atomic E-state index is 10.9. The highest BCUT2D eigenvalue weighted by atomic mass is 35.5. The Balaban J connectivity index is 2.51. The van der Waals surface area contributed by atoms with Gasteiger partial charge in [0, 0.05) is 16.1 Å². The summed E-state index contributed by atoms with van der Waals surface area (Å²) in [5.74, 6) is 0.410. The Bertz CT molecular complexity index is 706. The summed E-state index contributed by atoms with van der Waals surface area (Å²) in [6.45, 7) is 0. The molecule has 0 radical (unpaired) electrons. The number of hydrogen-bond donors (Lipinski definition) is 3. The van der Waals surface area contributed by atoms with Crippen LogP contribution in [0.15, 0.2) is 36.4 Å². The summed E-state index contributed by atoms with van der Waals surface area (Å²) in [6, 6.07) is 9.44. The topological polar surface area (TPSA) is 78.8 Å². The Hall–Kier alpha value is -1.95. The maximum Gasteiger partial charge on any atom is 0.409 e. The van der Waals surface area contributed by atoms with Crippen molar-refractivity contribution in [2.24, 2.45) is 0 Å². The summed E-state index contributed by atoms with van der Waals surface area (Å²) in [7, 11) is 1.47. The lowest BCUT2D eigenvalue weighted by Crippen LogP contribution is -2.12. The minimum absolute atomic E-state index is 0.225. The molecule has 22 heavy (non-hydrogen) atoms. The third-order valence-corrected chi connectivity index (χ3v) is 3.70. The van der Waals surface area contributed by atoms with Crippen LogP contribution in [-0.4, -0.2) is 23.4 Å². The minimum atomic E-state index is -1.24. The number of nitrogens with one attached hydrogen (secondary N) is 1. The molecule has 3 N–H and O–H groups in total. The monoisotopic (exact) mass is 341 g/mol. The summed E-state index contributed by atoms with van der Waals surface area (Å²) in [4.78, 5) is 10.9. The molecule has 0 aliphatic rings. The van der Waals surface area contributed by atoms with Crippen molar-refractivity contribution in [1.29, 1.82) is 0 Å². The van der Waals surface area contributed by atoms with E-state index >= 15 is 0 Å². The molecular formula is C15H13Cl2NO4. The maximum atomic E-state index is 10.9. The van der Waals surface area contributed by atoms with Gasteiger partial charge in [-0.1, -0.05) is 35.3 Å². The van der Waals surface area contributed by atoms with Crippen LogP contribution in [0, 0.1) is 0 Å². The van der Waals surface area contributed by atoms with E-state index in [4.69, 9.17) is 33.0 Å². The molecule has 0 aliphatic carbocycles. The fraction of sp³-hybridized carbons (Fsp3) is 0.133. The van der Waals surface area contributed by atoms with Crippen LogP contribution < -0.4 is 10.1 Å². The van der Waals surface area contributed by atoms with Gasteiger partial charge in [-0.3, -0.25) is 5.32 Å². The predicted octanol–water partition coefficient (Wildman–Crippen LogP) is 4.17.